The fourth-order valence-corrected chi connectivity index (χ4v) is 5.54. The highest BCUT2D eigenvalue weighted by Crippen LogP contribution is 2.45. The van der Waals surface area contributed by atoms with Gasteiger partial charge in [-0.2, -0.15) is 0 Å². The van der Waals surface area contributed by atoms with E-state index in [1.165, 1.54) is 12.1 Å². The van der Waals surface area contributed by atoms with Crippen molar-refractivity contribution < 1.29 is 27.8 Å². The van der Waals surface area contributed by atoms with Gasteiger partial charge < -0.3 is 14.6 Å². The van der Waals surface area contributed by atoms with Crippen molar-refractivity contribution in [3.8, 4) is 5.75 Å². The molecule has 0 aromatic heterocycles. The number of nitrogens with one attached hydrogen (secondary N) is 1. The number of aromatic hydroxyl groups is 1. The van der Waals surface area contributed by atoms with Gasteiger partial charge in [0.25, 0.3) is 0 Å². The quantitative estimate of drug-likeness (QED) is 0.683. The van der Waals surface area contributed by atoms with Crippen molar-refractivity contribution in [2.75, 3.05) is 18.5 Å². The van der Waals surface area contributed by atoms with Crippen molar-refractivity contribution in [3.63, 3.8) is 0 Å². The van der Waals surface area contributed by atoms with Crippen LogP contribution in [-0.4, -0.2) is 43.2 Å². The van der Waals surface area contributed by atoms with Crippen LogP contribution < -0.4 is 5.32 Å². The highest BCUT2D eigenvalue weighted by atomic mass is 35.5. The Morgan fingerprint density at radius 3 is 2.32 bits per heavy atom. The Bertz CT molecular complexity index is 839. The van der Waals surface area contributed by atoms with Crippen LogP contribution in [0.2, 0.25) is 5.02 Å². The standard InChI is InChI=1S/C19H28ClNO6S/c1-18(2,3)27-17(23)21-14-7-6-13(20)16(15(14)22)28(24,25)19(4,5)12-8-10-26-11-9-12/h6-7,12,22H,8-11H2,1-5H3,(H,21,23). The summed E-state index contributed by atoms with van der Waals surface area (Å²) >= 11 is 6.17. The Balaban J connectivity index is 2.43. The van der Waals surface area contributed by atoms with Crippen molar-refractivity contribution in [1.82, 2.24) is 0 Å². The van der Waals surface area contributed by atoms with E-state index >= 15 is 0 Å². The van der Waals surface area contributed by atoms with Crippen LogP contribution in [-0.2, 0) is 19.3 Å². The molecular weight excluding hydrogens is 406 g/mol. The number of sulfone groups is 1. The van der Waals surface area contributed by atoms with E-state index in [1.54, 1.807) is 34.6 Å². The number of carbonyl (C=O) groups excluding carboxylic acids is 1. The average molecular weight is 434 g/mol. The van der Waals surface area contributed by atoms with Gasteiger partial charge in [0, 0.05) is 13.2 Å². The summed E-state index contributed by atoms with van der Waals surface area (Å²) in [5, 5.41) is 12.9. The molecule has 1 saturated heterocycles. The minimum Gasteiger partial charge on any atom is -0.504 e. The number of ether oxygens (including phenoxy) is 2. The van der Waals surface area contributed by atoms with E-state index in [-0.39, 0.29) is 21.5 Å². The predicted octanol–water partition coefficient (Wildman–Crippen LogP) is 4.37. The normalized spacial score (nSPS) is 16.6. The summed E-state index contributed by atoms with van der Waals surface area (Å²) in [6.07, 6.45) is 0.387. The minimum absolute atomic E-state index is 0.0833. The van der Waals surface area contributed by atoms with E-state index in [2.05, 4.69) is 5.32 Å². The lowest BCUT2D eigenvalue weighted by molar-refractivity contribution is 0.0563. The second-order valence-corrected chi connectivity index (χ2v) is 11.3. The van der Waals surface area contributed by atoms with Crippen molar-refractivity contribution in [2.24, 2.45) is 5.92 Å². The van der Waals surface area contributed by atoms with Crippen LogP contribution in [0.5, 0.6) is 5.75 Å². The Hall–Kier alpha value is -1.51. The molecule has 2 rings (SSSR count). The number of anilines is 1. The molecule has 7 nitrogen and oxygen atoms in total. The molecule has 1 aliphatic heterocycles. The lowest BCUT2D eigenvalue weighted by Crippen LogP contribution is -2.42. The smallest absolute Gasteiger partial charge is 0.412 e. The van der Waals surface area contributed by atoms with Crippen LogP contribution >= 0.6 is 11.6 Å². The Morgan fingerprint density at radius 1 is 1.21 bits per heavy atom. The van der Waals surface area contributed by atoms with Gasteiger partial charge >= 0.3 is 6.09 Å². The maximum Gasteiger partial charge on any atom is 0.412 e. The van der Waals surface area contributed by atoms with Gasteiger partial charge in [0.15, 0.2) is 15.6 Å². The van der Waals surface area contributed by atoms with Gasteiger partial charge in [-0.1, -0.05) is 11.6 Å². The van der Waals surface area contributed by atoms with Crippen LogP contribution in [0.1, 0.15) is 47.5 Å². The topological polar surface area (TPSA) is 102 Å². The molecule has 0 bridgehead atoms. The number of halogens is 1. The van der Waals surface area contributed by atoms with E-state index < -0.39 is 32.0 Å². The minimum atomic E-state index is -4.02. The molecule has 2 N–H and O–H groups in total. The molecule has 1 aliphatic rings. The summed E-state index contributed by atoms with van der Waals surface area (Å²) in [6.45, 7) is 9.32. The van der Waals surface area contributed by atoms with Crippen LogP contribution in [0, 0.1) is 5.92 Å². The molecule has 0 aliphatic carbocycles. The van der Waals surface area contributed by atoms with E-state index in [0.29, 0.717) is 26.1 Å². The number of carbonyl (C=O) groups is 1. The fraction of sp³-hybridized carbons (Fsp3) is 0.632. The van der Waals surface area contributed by atoms with Crippen LogP contribution in [0.4, 0.5) is 10.5 Å². The lowest BCUT2D eigenvalue weighted by atomic mass is 9.88. The van der Waals surface area contributed by atoms with E-state index in [1.807, 2.05) is 0 Å². The van der Waals surface area contributed by atoms with Crippen LogP contribution in [0.15, 0.2) is 17.0 Å². The largest absolute Gasteiger partial charge is 0.504 e. The molecular formula is C19H28ClNO6S. The van der Waals surface area contributed by atoms with Gasteiger partial charge in [0.1, 0.15) is 10.5 Å². The zero-order valence-electron chi connectivity index (χ0n) is 16.8. The maximum absolute atomic E-state index is 13.4. The monoisotopic (exact) mass is 433 g/mol. The Morgan fingerprint density at radius 2 is 1.79 bits per heavy atom. The number of hydrogen-bond donors (Lipinski definition) is 2. The molecule has 0 atom stereocenters. The Kier molecular flexibility index (Phi) is 6.57. The third-order valence-corrected chi connectivity index (χ3v) is 7.98. The molecule has 0 radical (unpaired) electrons. The number of phenolic OH excluding ortho intramolecular Hbond substituents is 1. The molecule has 0 spiro atoms. The van der Waals surface area contributed by atoms with Crippen molar-refractivity contribution >= 4 is 33.2 Å². The molecule has 28 heavy (non-hydrogen) atoms. The SMILES string of the molecule is CC(C)(C)OC(=O)Nc1ccc(Cl)c(S(=O)(=O)C(C)(C)C2CCOCC2)c1O. The molecule has 1 aromatic carbocycles. The lowest BCUT2D eigenvalue weighted by Gasteiger charge is -2.36. The van der Waals surface area contributed by atoms with Gasteiger partial charge in [-0.3, -0.25) is 5.32 Å². The zero-order chi connectivity index (χ0) is 21.3. The van der Waals surface area contributed by atoms with Gasteiger partial charge in [0.05, 0.1) is 15.5 Å². The number of rotatable bonds is 4. The number of benzene rings is 1. The van der Waals surface area contributed by atoms with Gasteiger partial charge in [-0.25, -0.2) is 13.2 Å². The van der Waals surface area contributed by atoms with Gasteiger partial charge in [0.2, 0.25) is 0 Å². The third-order valence-electron chi connectivity index (χ3n) is 4.88. The first-order valence-corrected chi connectivity index (χ1v) is 11.0. The van der Waals surface area contributed by atoms with E-state index in [4.69, 9.17) is 21.1 Å². The fourth-order valence-electron chi connectivity index (χ4n) is 3.19. The second-order valence-electron chi connectivity index (χ2n) is 8.39. The number of amides is 1. The van der Waals surface area contributed by atoms with Crippen molar-refractivity contribution in [3.05, 3.63) is 17.2 Å². The number of phenols is 1. The molecule has 0 saturated carbocycles. The average Bonchev–Trinajstić information content (AvgIpc) is 2.56. The zero-order valence-corrected chi connectivity index (χ0v) is 18.4. The van der Waals surface area contributed by atoms with Crippen molar-refractivity contribution in [1.29, 1.82) is 0 Å². The molecule has 1 heterocycles. The predicted molar refractivity (Wildman–Crippen MR) is 108 cm³/mol. The van der Waals surface area contributed by atoms with Crippen molar-refractivity contribution in [2.45, 2.75) is 62.7 Å². The summed E-state index contributed by atoms with van der Waals surface area (Å²) in [7, 11) is -4.02. The molecule has 158 valence electrons. The summed E-state index contributed by atoms with van der Waals surface area (Å²) in [6, 6.07) is 2.67. The highest BCUT2D eigenvalue weighted by molar-refractivity contribution is 7.93. The maximum atomic E-state index is 13.4. The Labute approximate surface area is 171 Å². The van der Waals surface area contributed by atoms with E-state index in [9.17, 15) is 18.3 Å². The summed E-state index contributed by atoms with van der Waals surface area (Å²) < 4.78 is 36.2. The first-order chi connectivity index (χ1) is 12.8. The third kappa shape index (κ3) is 4.72. The summed E-state index contributed by atoms with van der Waals surface area (Å²) in [5.74, 6) is -0.748. The van der Waals surface area contributed by atoms with Gasteiger partial charge in [-0.15, -0.1) is 0 Å². The molecule has 1 fully saturated rings. The summed E-state index contributed by atoms with van der Waals surface area (Å²) in [5.41, 5.74) is -0.827. The first-order valence-electron chi connectivity index (χ1n) is 9.11. The van der Waals surface area contributed by atoms with E-state index in [0.717, 1.165) is 0 Å². The first kappa shape index (κ1) is 22.8. The second kappa shape index (κ2) is 8.08. The molecule has 1 aromatic rings. The van der Waals surface area contributed by atoms with Crippen LogP contribution in [0.3, 0.4) is 0 Å². The highest BCUT2D eigenvalue weighted by Gasteiger charge is 2.45. The van der Waals surface area contributed by atoms with Crippen LogP contribution in [0.25, 0.3) is 0 Å². The molecule has 0 unspecified atom stereocenters. The molecule has 1 amide bonds. The molecule has 9 heteroatoms. The van der Waals surface area contributed by atoms with Gasteiger partial charge in [-0.05, 0) is 65.5 Å². The summed E-state index contributed by atoms with van der Waals surface area (Å²) in [4.78, 5) is 11.6. The number of hydrogen-bond acceptors (Lipinski definition) is 6.